The van der Waals surface area contributed by atoms with Gasteiger partial charge >= 0.3 is 0 Å². The summed E-state index contributed by atoms with van der Waals surface area (Å²) in [5, 5.41) is 13.3. The van der Waals surface area contributed by atoms with Crippen LogP contribution in [0.15, 0.2) is 18.2 Å². The van der Waals surface area contributed by atoms with Gasteiger partial charge in [-0.3, -0.25) is 0 Å². The summed E-state index contributed by atoms with van der Waals surface area (Å²) < 4.78 is 26.4. The Morgan fingerprint density at radius 2 is 1.90 bits per heavy atom. The summed E-state index contributed by atoms with van der Waals surface area (Å²) in [6, 6.07) is 3.62. The topological polar surface area (TPSA) is 32.3 Å². The lowest BCUT2D eigenvalue weighted by atomic mass is 10.0. The van der Waals surface area contributed by atoms with E-state index in [1.807, 2.05) is 0 Å². The number of rotatable bonds is 9. The van der Waals surface area contributed by atoms with Crippen molar-refractivity contribution >= 4 is 0 Å². The van der Waals surface area contributed by atoms with E-state index in [4.69, 9.17) is 0 Å². The van der Waals surface area contributed by atoms with E-state index in [2.05, 4.69) is 19.2 Å². The molecule has 2 atom stereocenters. The maximum Gasteiger partial charge on any atom is 0.131 e. The Hall–Kier alpha value is -1.00. The van der Waals surface area contributed by atoms with E-state index in [0.29, 0.717) is 6.04 Å². The van der Waals surface area contributed by atoms with Gasteiger partial charge in [0.05, 0.1) is 6.10 Å². The molecule has 2 unspecified atom stereocenters. The van der Waals surface area contributed by atoms with Crippen molar-refractivity contribution in [1.82, 2.24) is 5.32 Å². The number of benzene rings is 1. The number of halogens is 2. The normalized spacial score (nSPS) is 14.2. The average molecular weight is 285 g/mol. The third-order valence-electron chi connectivity index (χ3n) is 3.46. The van der Waals surface area contributed by atoms with Crippen LogP contribution in [0.4, 0.5) is 8.78 Å². The zero-order valence-corrected chi connectivity index (χ0v) is 12.3. The SMILES string of the molecule is CCCCC(CCC)NCC(O)c1ccc(F)cc1F. The molecule has 0 spiro atoms. The Morgan fingerprint density at radius 3 is 2.50 bits per heavy atom. The molecule has 2 nitrogen and oxygen atoms in total. The highest BCUT2D eigenvalue weighted by Gasteiger charge is 2.15. The van der Waals surface area contributed by atoms with Crippen LogP contribution in [0.1, 0.15) is 57.6 Å². The Morgan fingerprint density at radius 1 is 1.15 bits per heavy atom. The van der Waals surface area contributed by atoms with Gasteiger partial charge in [0, 0.05) is 24.2 Å². The molecule has 0 aromatic heterocycles. The van der Waals surface area contributed by atoms with E-state index in [9.17, 15) is 13.9 Å². The summed E-state index contributed by atoms with van der Waals surface area (Å²) in [6.07, 6.45) is 4.50. The second kappa shape index (κ2) is 9.03. The second-order valence-electron chi connectivity index (χ2n) is 5.22. The second-order valence-corrected chi connectivity index (χ2v) is 5.22. The molecule has 0 fully saturated rings. The van der Waals surface area contributed by atoms with Crippen molar-refractivity contribution in [2.24, 2.45) is 0 Å². The minimum absolute atomic E-state index is 0.143. The third kappa shape index (κ3) is 5.55. The first kappa shape index (κ1) is 17.1. The predicted molar refractivity (Wildman–Crippen MR) is 77.5 cm³/mol. The molecule has 1 aromatic carbocycles. The lowest BCUT2D eigenvalue weighted by molar-refractivity contribution is 0.163. The monoisotopic (exact) mass is 285 g/mol. The first-order valence-corrected chi connectivity index (χ1v) is 7.44. The van der Waals surface area contributed by atoms with Gasteiger partial charge in [0.2, 0.25) is 0 Å². The van der Waals surface area contributed by atoms with Crippen molar-refractivity contribution in [3.05, 3.63) is 35.4 Å². The van der Waals surface area contributed by atoms with Crippen LogP contribution in [-0.2, 0) is 0 Å². The number of aliphatic hydroxyl groups excluding tert-OH is 1. The van der Waals surface area contributed by atoms with Gasteiger partial charge in [-0.1, -0.05) is 39.2 Å². The number of hydrogen-bond acceptors (Lipinski definition) is 2. The van der Waals surface area contributed by atoms with Crippen LogP contribution in [0.5, 0.6) is 0 Å². The fourth-order valence-electron chi connectivity index (χ4n) is 2.31. The molecule has 0 amide bonds. The Bertz CT molecular complexity index is 398. The molecule has 0 aliphatic carbocycles. The molecule has 1 aromatic rings. The number of aliphatic hydroxyl groups is 1. The predicted octanol–water partition coefficient (Wildman–Crippen LogP) is 3.95. The smallest absolute Gasteiger partial charge is 0.131 e. The summed E-state index contributed by atoms with van der Waals surface area (Å²) in [4.78, 5) is 0. The minimum atomic E-state index is -0.948. The van der Waals surface area contributed by atoms with Crippen LogP contribution in [0, 0.1) is 11.6 Å². The van der Waals surface area contributed by atoms with Crippen LogP contribution < -0.4 is 5.32 Å². The summed E-state index contributed by atoms with van der Waals surface area (Å²) in [5.74, 6) is -1.32. The molecule has 0 bridgehead atoms. The van der Waals surface area contributed by atoms with Crippen molar-refractivity contribution in [2.75, 3.05) is 6.54 Å². The van der Waals surface area contributed by atoms with Crippen molar-refractivity contribution < 1.29 is 13.9 Å². The largest absolute Gasteiger partial charge is 0.387 e. The molecule has 0 radical (unpaired) electrons. The highest BCUT2D eigenvalue weighted by molar-refractivity contribution is 5.21. The van der Waals surface area contributed by atoms with Crippen LogP contribution >= 0.6 is 0 Å². The fraction of sp³-hybridized carbons (Fsp3) is 0.625. The number of unbranched alkanes of at least 4 members (excludes halogenated alkanes) is 1. The first-order chi connectivity index (χ1) is 9.58. The highest BCUT2D eigenvalue weighted by atomic mass is 19.1. The van der Waals surface area contributed by atoms with Crippen LogP contribution in [0.2, 0.25) is 0 Å². The molecule has 2 N–H and O–H groups in total. The molecule has 0 saturated carbocycles. The van der Waals surface area contributed by atoms with Gasteiger partial charge in [-0.15, -0.1) is 0 Å². The van der Waals surface area contributed by atoms with Gasteiger partial charge < -0.3 is 10.4 Å². The van der Waals surface area contributed by atoms with Gasteiger partial charge in [-0.2, -0.15) is 0 Å². The molecule has 4 heteroatoms. The van der Waals surface area contributed by atoms with Crippen LogP contribution in [-0.4, -0.2) is 17.7 Å². The van der Waals surface area contributed by atoms with Crippen molar-refractivity contribution in [1.29, 1.82) is 0 Å². The van der Waals surface area contributed by atoms with Crippen molar-refractivity contribution in [3.8, 4) is 0 Å². The van der Waals surface area contributed by atoms with Gasteiger partial charge in [0.15, 0.2) is 0 Å². The first-order valence-electron chi connectivity index (χ1n) is 7.44. The minimum Gasteiger partial charge on any atom is -0.387 e. The summed E-state index contributed by atoms with van der Waals surface area (Å²) in [6.45, 7) is 4.55. The van der Waals surface area contributed by atoms with Crippen LogP contribution in [0.3, 0.4) is 0 Å². The quantitative estimate of drug-likeness (QED) is 0.720. The summed E-state index contributed by atoms with van der Waals surface area (Å²) in [7, 11) is 0. The average Bonchev–Trinajstić information content (AvgIpc) is 2.41. The zero-order chi connectivity index (χ0) is 15.0. The van der Waals surface area contributed by atoms with E-state index < -0.39 is 17.7 Å². The van der Waals surface area contributed by atoms with E-state index in [1.54, 1.807) is 0 Å². The summed E-state index contributed by atoms with van der Waals surface area (Å²) >= 11 is 0. The molecule has 0 aliphatic rings. The number of hydrogen-bond donors (Lipinski definition) is 2. The van der Waals surface area contributed by atoms with E-state index >= 15 is 0 Å². The molecule has 0 aliphatic heterocycles. The molecule has 114 valence electrons. The van der Waals surface area contributed by atoms with Gasteiger partial charge in [-0.05, 0) is 18.9 Å². The Labute approximate surface area is 120 Å². The Kier molecular flexibility index (Phi) is 7.70. The van der Waals surface area contributed by atoms with Crippen molar-refractivity contribution in [2.45, 2.75) is 58.1 Å². The van der Waals surface area contributed by atoms with E-state index in [-0.39, 0.29) is 12.1 Å². The molecule has 20 heavy (non-hydrogen) atoms. The standard InChI is InChI=1S/C16H25F2NO/c1-3-5-7-13(6-4-2)19-11-16(20)14-9-8-12(17)10-15(14)18/h8-10,13,16,19-20H,3-7,11H2,1-2H3. The van der Waals surface area contributed by atoms with Crippen molar-refractivity contribution in [3.63, 3.8) is 0 Å². The third-order valence-corrected chi connectivity index (χ3v) is 3.46. The summed E-state index contributed by atoms with van der Waals surface area (Å²) in [5.41, 5.74) is 0.143. The molecule has 0 saturated heterocycles. The maximum atomic E-state index is 13.5. The van der Waals surface area contributed by atoms with Gasteiger partial charge in [0.1, 0.15) is 11.6 Å². The van der Waals surface area contributed by atoms with E-state index in [0.717, 1.165) is 38.2 Å². The highest BCUT2D eigenvalue weighted by Crippen LogP contribution is 2.18. The lowest BCUT2D eigenvalue weighted by Crippen LogP contribution is -2.33. The molecular weight excluding hydrogens is 260 g/mol. The van der Waals surface area contributed by atoms with Gasteiger partial charge in [0.25, 0.3) is 0 Å². The molecule has 0 heterocycles. The maximum absolute atomic E-state index is 13.5. The zero-order valence-electron chi connectivity index (χ0n) is 12.3. The van der Waals surface area contributed by atoms with Crippen LogP contribution in [0.25, 0.3) is 0 Å². The lowest BCUT2D eigenvalue weighted by Gasteiger charge is -2.20. The van der Waals surface area contributed by atoms with Gasteiger partial charge in [-0.25, -0.2) is 8.78 Å². The van der Waals surface area contributed by atoms with E-state index in [1.165, 1.54) is 12.1 Å². The molecule has 1 rings (SSSR count). The fourth-order valence-corrected chi connectivity index (χ4v) is 2.31. The molecular formula is C16H25F2NO. The Balaban J connectivity index is 2.53. The number of nitrogens with one attached hydrogen (secondary N) is 1.